The molecule has 3 heterocycles. The molecule has 1 aliphatic rings. The Morgan fingerprint density at radius 3 is 2.34 bits per heavy atom. The summed E-state index contributed by atoms with van der Waals surface area (Å²) in [6, 6.07) is 23.0. The normalized spacial score (nSPS) is 18.0. The van der Waals surface area contributed by atoms with Crippen LogP contribution in [0.25, 0.3) is 43.1 Å². The van der Waals surface area contributed by atoms with Crippen molar-refractivity contribution in [3.8, 4) is 11.8 Å². The van der Waals surface area contributed by atoms with Gasteiger partial charge in [-0.15, -0.1) is 5.10 Å². The van der Waals surface area contributed by atoms with E-state index in [4.69, 9.17) is 14.6 Å². The van der Waals surface area contributed by atoms with Crippen LogP contribution < -0.4 is 11.2 Å². The number of H-pyrrole nitrogens is 1. The Kier molecular flexibility index (Phi) is 7.27. The number of hydrogen-bond acceptors (Lipinski definition) is 8. The number of benzene rings is 5. The fraction of sp³-hybridized carbons (Fsp3) is 0.222. The third-order valence-corrected chi connectivity index (χ3v) is 8.87. The van der Waals surface area contributed by atoms with Crippen molar-refractivity contribution in [3.63, 3.8) is 0 Å². The van der Waals surface area contributed by atoms with E-state index in [1.165, 1.54) is 37.0 Å². The highest BCUT2D eigenvalue weighted by molar-refractivity contribution is 6.33. The highest BCUT2D eigenvalue weighted by Crippen LogP contribution is 2.40. The molecule has 0 aliphatic carbocycles. The number of rotatable bonds is 7. The minimum Gasteiger partial charge on any atom is -0.396 e. The van der Waals surface area contributed by atoms with Gasteiger partial charge in [-0.3, -0.25) is 14.3 Å². The number of aromatic nitrogens is 5. The molecule has 1 saturated heterocycles. The third-order valence-electron chi connectivity index (χ3n) is 8.87. The average Bonchev–Trinajstić information content (AvgIpc) is 3.72. The van der Waals surface area contributed by atoms with Crippen LogP contribution in [0.1, 0.15) is 29.5 Å². The number of aliphatic hydroxyl groups is 2. The lowest BCUT2D eigenvalue weighted by atomic mass is 9.88. The minimum absolute atomic E-state index is 0.0411. The van der Waals surface area contributed by atoms with Crippen molar-refractivity contribution in [2.75, 3.05) is 13.2 Å². The Morgan fingerprint density at radius 1 is 0.872 bits per heavy atom. The predicted molar refractivity (Wildman–Crippen MR) is 176 cm³/mol. The molecule has 3 N–H and O–H groups in total. The van der Waals surface area contributed by atoms with Gasteiger partial charge in [-0.25, -0.2) is 9.48 Å². The zero-order chi connectivity index (χ0) is 32.1. The van der Waals surface area contributed by atoms with Crippen LogP contribution in [0.2, 0.25) is 0 Å². The lowest BCUT2D eigenvalue weighted by Gasteiger charge is -2.16. The summed E-state index contributed by atoms with van der Waals surface area (Å²) in [6.07, 6.45) is 1.62. The van der Waals surface area contributed by atoms with Gasteiger partial charge in [-0.05, 0) is 49.2 Å². The van der Waals surface area contributed by atoms with E-state index >= 15 is 0 Å². The zero-order valence-electron chi connectivity index (χ0n) is 25.1. The van der Waals surface area contributed by atoms with E-state index in [1.807, 2.05) is 18.2 Å². The van der Waals surface area contributed by atoms with Crippen LogP contribution in [0, 0.1) is 11.8 Å². The van der Waals surface area contributed by atoms with E-state index in [9.17, 15) is 14.7 Å². The van der Waals surface area contributed by atoms with Crippen LogP contribution >= 0.6 is 0 Å². The smallest absolute Gasteiger partial charge is 0.330 e. The van der Waals surface area contributed by atoms with Gasteiger partial charge in [0.1, 0.15) is 24.6 Å². The van der Waals surface area contributed by atoms with Crippen molar-refractivity contribution >= 4 is 43.1 Å². The molecule has 1 fully saturated rings. The highest BCUT2D eigenvalue weighted by atomic mass is 16.6. The van der Waals surface area contributed by atoms with Crippen LogP contribution in [-0.2, 0) is 22.6 Å². The summed E-state index contributed by atoms with van der Waals surface area (Å²) in [5.41, 5.74) is 0.237. The highest BCUT2D eigenvalue weighted by Gasteiger charge is 2.37. The second-order valence-electron chi connectivity index (χ2n) is 11.7. The molecule has 0 spiro atoms. The van der Waals surface area contributed by atoms with Crippen molar-refractivity contribution < 1.29 is 19.7 Å². The molecule has 11 heteroatoms. The summed E-state index contributed by atoms with van der Waals surface area (Å²) in [4.78, 5) is 28.1. The summed E-state index contributed by atoms with van der Waals surface area (Å²) >= 11 is 0. The molecule has 8 rings (SSSR count). The van der Waals surface area contributed by atoms with E-state index in [0.29, 0.717) is 12.1 Å². The maximum Gasteiger partial charge on any atom is 0.330 e. The number of ether oxygens (including phenoxy) is 2. The van der Waals surface area contributed by atoms with Gasteiger partial charge in [0.15, 0.2) is 0 Å². The van der Waals surface area contributed by atoms with E-state index < -0.39 is 29.7 Å². The molecule has 3 atom stereocenters. The predicted octanol–water partition coefficient (Wildman–Crippen LogP) is 3.44. The molecule has 7 aromatic rings. The van der Waals surface area contributed by atoms with Crippen molar-refractivity contribution in [2.24, 2.45) is 0 Å². The average molecular weight is 628 g/mol. The van der Waals surface area contributed by atoms with Crippen molar-refractivity contribution in [2.45, 2.75) is 38.0 Å². The molecule has 234 valence electrons. The molecule has 0 amide bonds. The van der Waals surface area contributed by atoms with Crippen LogP contribution in [0.5, 0.6) is 0 Å². The van der Waals surface area contributed by atoms with E-state index in [1.54, 1.807) is 6.20 Å². The number of aromatic amines is 1. The molecule has 0 radical (unpaired) electrons. The monoisotopic (exact) mass is 627 g/mol. The SMILES string of the molecule is O=c1[nH]c(=O)n([C@H]2C[C@H](OCn3cc(CCO)nn3)[C@@H](CO)O2)cc1C#Cc1ccc2c3cccc4cccc(c5cccc1c52)c43. The Morgan fingerprint density at radius 2 is 1.57 bits per heavy atom. The molecule has 2 aromatic heterocycles. The molecule has 47 heavy (non-hydrogen) atoms. The Bertz CT molecular complexity index is 2420. The molecule has 11 nitrogen and oxygen atoms in total. The zero-order valence-corrected chi connectivity index (χ0v) is 25.1. The van der Waals surface area contributed by atoms with Gasteiger partial charge < -0.3 is 19.7 Å². The van der Waals surface area contributed by atoms with E-state index in [-0.39, 0.29) is 31.9 Å². The van der Waals surface area contributed by atoms with Crippen LogP contribution in [-0.4, -0.2) is 60.2 Å². The summed E-state index contributed by atoms with van der Waals surface area (Å²) in [5, 5.41) is 36.2. The molecule has 1 aliphatic heterocycles. The van der Waals surface area contributed by atoms with Gasteiger partial charge in [-0.1, -0.05) is 77.7 Å². The number of nitrogens with one attached hydrogen (secondary N) is 1. The van der Waals surface area contributed by atoms with Gasteiger partial charge in [0.25, 0.3) is 5.56 Å². The van der Waals surface area contributed by atoms with Gasteiger partial charge >= 0.3 is 5.69 Å². The largest absolute Gasteiger partial charge is 0.396 e. The second kappa shape index (κ2) is 11.8. The van der Waals surface area contributed by atoms with Crippen molar-refractivity contribution in [3.05, 3.63) is 117 Å². The molecular weight excluding hydrogens is 598 g/mol. The Labute approximate surface area is 266 Å². The maximum absolute atomic E-state index is 12.9. The van der Waals surface area contributed by atoms with Gasteiger partial charge in [0.2, 0.25) is 0 Å². The molecular formula is C36H29N5O6. The molecule has 0 bridgehead atoms. The molecule has 0 saturated carbocycles. The van der Waals surface area contributed by atoms with Crippen molar-refractivity contribution in [1.82, 2.24) is 24.5 Å². The first-order valence-corrected chi connectivity index (χ1v) is 15.4. The number of aliphatic hydroxyl groups excluding tert-OH is 2. The van der Waals surface area contributed by atoms with Crippen LogP contribution in [0.4, 0.5) is 0 Å². The first-order chi connectivity index (χ1) is 23.0. The second-order valence-corrected chi connectivity index (χ2v) is 11.7. The van der Waals surface area contributed by atoms with Crippen LogP contribution in [0.15, 0.2) is 88.7 Å². The number of nitrogens with zero attached hydrogens (tertiary/aromatic N) is 4. The van der Waals surface area contributed by atoms with Gasteiger partial charge in [-0.2, -0.15) is 0 Å². The van der Waals surface area contributed by atoms with E-state index in [2.05, 4.69) is 75.7 Å². The summed E-state index contributed by atoms with van der Waals surface area (Å²) < 4.78 is 14.7. The maximum atomic E-state index is 12.9. The standard InChI is InChI=1S/C36H29N5O6/c42-15-14-24-18-40(39-38-24)20-46-30-16-32(47-31(30)19-43)41-17-23(35(44)37-36(41)45)11-10-21-12-13-29-27-8-2-5-22-4-1-7-26(33(22)27)28-9-3-6-25(21)34(28)29/h1-9,12-13,17-18,30-32,42-43H,14-16,19-20H2,(H,37,44,45)/t30-,31+,32+/m0/s1. The number of fused-ring (bicyclic) bond motifs is 2. The van der Waals surface area contributed by atoms with Gasteiger partial charge in [0, 0.05) is 31.2 Å². The lowest BCUT2D eigenvalue weighted by molar-refractivity contribution is -0.0771. The molecule has 5 aromatic carbocycles. The van der Waals surface area contributed by atoms with Crippen molar-refractivity contribution in [1.29, 1.82) is 0 Å². The fourth-order valence-corrected chi connectivity index (χ4v) is 6.69. The topological polar surface area (TPSA) is 144 Å². The summed E-state index contributed by atoms with van der Waals surface area (Å²) in [7, 11) is 0. The first kappa shape index (κ1) is 29.1. The molecule has 0 unspecified atom stereocenters. The van der Waals surface area contributed by atoms with E-state index in [0.717, 1.165) is 27.1 Å². The third kappa shape index (κ3) is 5.04. The quantitative estimate of drug-likeness (QED) is 0.139. The summed E-state index contributed by atoms with van der Waals surface area (Å²) in [5.74, 6) is 6.19. The Hall–Kier alpha value is -5.38. The van der Waals surface area contributed by atoms with Gasteiger partial charge in [0.05, 0.1) is 24.6 Å². The Balaban J connectivity index is 1.12. The first-order valence-electron chi connectivity index (χ1n) is 15.4. The lowest BCUT2D eigenvalue weighted by Crippen LogP contribution is -2.33. The van der Waals surface area contributed by atoms with Crippen LogP contribution in [0.3, 0.4) is 0 Å². The fourth-order valence-electron chi connectivity index (χ4n) is 6.69. The minimum atomic E-state index is -0.800. The number of hydrogen-bond donors (Lipinski definition) is 3. The summed E-state index contributed by atoms with van der Waals surface area (Å²) in [6.45, 7) is -0.328.